The Morgan fingerprint density at radius 3 is 2.61 bits per heavy atom. The molecule has 0 aliphatic heterocycles. The molecule has 0 amide bonds. The summed E-state index contributed by atoms with van der Waals surface area (Å²) in [6.45, 7) is 0.483. The molecule has 0 unspecified atom stereocenters. The summed E-state index contributed by atoms with van der Waals surface area (Å²) in [7, 11) is 3.64. The van der Waals surface area contributed by atoms with Gasteiger partial charge in [-0.25, -0.2) is 4.98 Å². The van der Waals surface area contributed by atoms with Crippen LogP contribution in [-0.4, -0.2) is 26.8 Å². The number of fused-ring (bicyclic) bond motifs is 1. The molecule has 0 spiro atoms. The lowest BCUT2D eigenvalue weighted by atomic mass is 10.1. The van der Waals surface area contributed by atoms with Crippen molar-refractivity contribution in [1.82, 2.24) is 19.7 Å². The summed E-state index contributed by atoms with van der Waals surface area (Å²) in [5.74, 6) is 0.754. The summed E-state index contributed by atoms with van der Waals surface area (Å²) in [5.41, 5.74) is 0.388. The van der Waals surface area contributed by atoms with Crippen molar-refractivity contribution >= 4 is 16.6 Å². The Kier molecular flexibility index (Phi) is 3.67. The zero-order chi connectivity index (χ0) is 16.6. The van der Waals surface area contributed by atoms with Gasteiger partial charge in [0.05, 0.1) is 17.6 Å². The molecule has 0 aliphatic carbocycles. The molecule has 2 aromatic heterocycles. The van der Waals surface area contributed by atoms with Crippen LogP contribution in [0, 0.1) is 0 Å². The number of rotatable bonds is 3. The number of aryl methyl sites for hydroxylation is 1. The molecule has 8 heteroatoms. The van der Waals surface area contributed by atoms with Crippen LogP contribution >= 0.6 is 0 Å². The van der Waals surface area contributed by atoms with E-state index in [-0.39, 0.29) is 0 Å². The Morgan fingerprint density at radius 2 is 1.96 bits per heavy atom. The van der Waals surface area contributed by atoms with E-state index in [1.807, 2.05) is 11.9 Å². The van der Waals surface area contributed by atoms with Crippen LogP contribution in [0.1, 0.15) is 11.4 Å². The maximum atomic E-state index is 12.8. The highest BCUT2D eigenvalue weighted by Crippen LogP contribution is 2.33. The number of aromatic nitrogens is 4. The number of nitrogens with zero attached hydrogens (tertiary/aromatic N) is 5. The summed E-state index contributed by atoms with van der Waals surface area (Å²) in [6, 6.07) is 5.36. The van der Waals surface area contributed by atoms with Crippen molar-refractivity contribution < 1.29 is 13.2 Å². The molecule has 5 nitrogen and oxygen atoms in total. The first-order chi connectivity index (χ1) is 10.9. The lowest BCUT2D eigenvalue weighted by molar-refractivity contribution is -0.137. The van der Waals surface area contributed by atoms with Gasteiger partial charge in [-0.3, -0.25) is 9.67 Å². The fourth-order valence-electron chi connectivity index (χ4n) is 2.40. The van der Waals surface area contributed by atoms with Crippen LogP contribution in [0.15, 0.2) is 36.8 Å². The highest BCUT2D eigenvalue weighted by molar-refractivity contribution is 5.91. The fourth-order valence-corrected chi connectivity index (χ4v) is 2.40. The van der Waals surface area contributed by atoms with Crippen LogP contribution in [-0.2, 0) is 19.8 Å². The van der Waals surface area contributed by atoms with Gasteiger partial charge in [0.2, 0.25) is 0 Å². The number of halogens is 3. The zero-order valence-electron chi connectivity index (χ0n) is 12.5. The predicted octanol–water partition coefficient (Wildman–Crippen LogP) is 3.02. The topological polar surface area (TPSA) is 46.8 Å². The van der Waals surface area contributed by atoms with Gasteiger partial charge in [0.15, 0.2) is 0 Å². The predicted molar refractivity (Wildman–Crippen MR) is 79.9 cm³/mol. The van der Waals surface area contributed by atoms with Crippen molar-refractivity contribution in [2.45, 2.75) is 12.7 Å². The largest absolute Gasteiger partial charge is 0.416 e. The lowest BCUT2D eigenvalue weighted by Crippen LogP contribution is -2.19. The van der Waals surface area contributed by atoms with Crippen molar-refractivity contribution in [2.24, 2.45) is 7.05 Å². The van der Waals surface area contributed by atoms with E-state index in [1.165, 1.54) is 18.6 Å². The van der Waals surface area contributed by atoms with E-state index >= 15 is 0 Å². The summed E-state index contributed by atoms with van der Waals surface area (Å²) in [4.78, 5) is 10.1. The normalized spacial score (nSPS) is 11.9. The summed E-state index contributed by atoms with van der Waals surface area (Å²) in [5, 5.41) is 4.66. The van der Waals surface area contributed by atoms with Gasteiger partial charge in [0, 0.05) is 31.4 Å². The quantitative estimate of drug-likeness (QED) is 0.744. The Balaban J connectivity index is 1.99. The summed E-state index contributed by atoms with van der Waals surface area (Å²) in [6.07, 6.45) is -1.41. The second-order valence-corrected chi connectivity index (χ2v) is 5.22. The standard InChI is InChI=1S/C15H14F3N5/c1-22(8-14-20-9-21-23(14)2)13-5-6-19-12-7-10(15(16,17)18)3-4-11(12)13/h3-7,9H,8H2,1-2H3. The maximum Gasteiger partial charge on any atom is 0.416 e. The molecule has 0 N–H and O–H groups in total. The minimum absolute atomic E-state index is 0.308. The van der Waals surface area contributed by atoms with E-state index in [4.69, 9.17) is 0 Å². The molecule has 0 bridgehead atoms. The van der Waals surface area contributed by atoms with Gasteiger partial charge >= 0.3 is 6.18 Å². The SMILES string of the molecule is CN(Cc1ncnn1C)c1ccnc2cc(C(F)(F)F)ccc12. The number of anilines is 1. The first kappa shape index (κ1) is 15.3. The van der Waals surface area contributed by atoms with E-state index in [0.717, 1.165) is 23.6 Å². The number of hydrogen-bond donors (Lipinski definition) is 0. The van der Waals surface area contributed by atoms with Crippen molar-refractivity contribution in [2.75, 3.05) is 11.9 Å². The molecule has 1 aromatic carbocycles. The highest BCUT2D eigenvalue weighted by Gasteiger charge is 2.30. The van der Waals surface area contributed by atoms with Gasteiger partial charge in [-0.2, -0.15) is 18.3 Å². The van der Waals surface area contributed by atoms with E-state index < -0.39 is 11.7 Å². The van der Waals surface area contributed by atoms with Crippen molar-refractivity contribution in [1.29, 1.82) is 0 Å². The van der Waals surface area contributed by atoms with Crippen LogP contribution in [0.3, 0.4) is 0 Å². The number of pyridine rings is 1. The Hall–Kier alpha value is -2.64. The van der Waals surface area contributed by atoms with E-state index in [0.29, 0.717) is 17.4 Å². The zero-order valence-corrected chi connectivity index (χ0v) is 12.5. The molecular weight excluding hydrogens is 307 g/mol. The molecule has 3 aromatic rings. The van der Waals surface area contributed by atoms with Gasteiger partial charge in [-0.15, -0.1) is 0 Å². The van der Waals surface area contributed by atoms with Crippen LogP contribution in [0.4, 0.5) is 18.9 Å². The number of alkyl halides is 3. The van der Waals surface area contributed by atoms with Crippen LogP contribution in [0.25, 0.3) is 10.9 Å². The van der Waals surface area contributed by atoms with E-state index in [9.17, 15) is 13.2 Å². The van der Waals surface area contributed by atoms with E-state index in [2.05, 4.69) is 15.1 Å². The van der Waals surface area contributed by atoms with Crippen molar-refractivity contribution in [3.8, 4) is 0 Å². The summed E-state index contributed by atoms with van der Waals surface area (Å²) >= 11 is 0. The molecule has 0 saturated heterocycles. The second-order valence-electron chi connectivity index (χ2n) is 5.22. The van der Waals surface area contributed by atoms with Gasteiger partial charge in [0.25, 0.3) is 0 Å². The fraction of sp³-hybridized carbons (Fsp3) is 0.267. The lowest BCUT2D eigenvalue weighted by Gasteiger charge is -2.20. The van der Waals surface area contributed by atoms with Crippen LogP contribution in [0.2, 0.25) is 0 Å². The third-order valence-corrected chi connectivity index (χ3v) is 3.64. The van der Waals surface area contributed by atoms with Gasteiger partial charge < -0.3 is 4.90 Å². The molecule has 2 heterocycles. The van der Waals surface area contributed by atoms with Gasteiger partial charge in [-0.05, 0) is 18.2 Å². The van der Waals surface area contributed by atoms with Crippen molar-refractivity contribution in [3.63, 3.8) is 0 Å². The number of benzene rings is 1. The first-order valence-corrected chi connectivity index (χ1v) is 6.86. The molecule has 0 radical (unpaired) electrons. The maximum absolute atomic E-state index is 12.8. The molecule has 0 atom stereocenters. The molecule has 0 aliphatic rings. The average Bonchev–Trinajstić information content (AvgIpc) is 2.90. The number of hydrogen-bond acceptors (Lipinski definition) is 4. The van der Waals surface area contributed by atoms with Gasteiger partial charge in [-0.1, -0.05) is 6.07 Å². The third-order valence-electron chi connectivity index (χ3n) is 3.64. The molecule has 23 heavy (non-hydrogen) atoms. The highest BCUT2D eigenvalue weighted by atomic mass is 19.4. The van der Waals surface area contributed by atoms with Crippen LogP contribution < -0.4 is 4.90 Å². The monoisotopic (exact) mass is 321 g/mol. The molecule has 3 rings (SSSR count). The Morgan fingerprint density at radius 1 is 1.17 bits per heavy atom. The minimum Gasteiger partial charge on any atom is -0.366 e. The molecule has 0 fully saturated rings. The second kappa shape index (κ2) is 5.53. The third kappa shape index (κ3) is 2.96. The Bertz CT molecular complexity index is 840. The van der Waals surface area contributed by atoms with E-state index in [1.54, 1.807) is 17.8 Å². The first-order valence-electron chi connectivity index (χ1n) is 6.86. The van der Waals surface area contributed by atoms with Gasteiger partial charge in [0.1, 0.15) is 12.2 Å². The minimum atomic E-state index is -4.38. The van der Waals surface area contributed by atoms with Crippen molar-refractivity contribution in [3.05, 3.63) is 48.2 Å². The molecule has 0 saturated carbocycles. The van der Waals surface area contributed by atoms with Crippen LogP contribution in [0.5, 0.6) is 0 Å². The molecular formula is C15H14F3N5. The smallest absolute Gasteiger partial charge is 0.366 e. The molecule has 120 valence electrons. The summed E-state index contributed by atoms with van der Waals surface area (Å²) < 4.78 is 40.1. The average molecular weight is 321 g/mol. The Labute approximate surface area is 130 Å².